The number of amides is 6. The Labute approximate surface area is 734 Å². The monoisotopic (exact) mass is 1760 g/mol. The summed E-state index contributed by atoms with van der Waals surface area (Å²) in [6.07, 6.45) is -2.88. The van der Waals surface area contributed by atoms with Gasteiger partial charge in [-0.2, -0.15) is 0 Å². The minimum atomic E-state index is -1.86. The fourth-order valence-corrected chi connectivity index (χ4v) is 15.9. The molecule has 7 atom stereocenters. The number of aliphatic hydroxyl groups excluding tert-OH is 1. The number of esters is 4. The van der Waals surface area contributed by atoms with Crippen LogP contribution in [0.5, 0.6) is 34.5 Å². The van der Waals surface area contributed by atoms with E-state index >= 15 is 0 Å². The number of rotatable bonds is 43. The molecule has 2 saturated heterocycles. The highest BCUT2D eigenvalue weighted by Crippen LogP contribution is 2.56. The lowest BCUT2D eigenvalue weighted by atomic mass is 9.87. The Kier molecular flexibility index (Phi) is 33.2. The van der Waals surface area contributed by atoms with E-state index in [1.807, 2.05) is 54.7 Å². The highest BCUT2D eigenvalue weighted by atomic mass is 16.7. The van der Waals surface area contributed by atoms with Crippen molar-refractivity contribution in [2.24, 2.45) is 5.41 Å². The summed E-state index contributed by atoms with van der Waals surface area (Å²) in [4.78, 5) is 140. The van der Waals surface area contributed by atoms with Gasteiger partial charge in [0.05, 0.1) is 154 Å². The Bertz CT molecular complexity index is 4890. The molecule has 0 unspecified atom stereocenters. The zero-order valence-corrected chi connectivity index (χ0v) is 72.1. The van der Waals surface area contributed by atoms with Crippen LogP contribution in [0.2, 0.25) is 0 Å². The minimum absolute atomic E-state index is 0.000192. The molecule has 127 heavy (non-hydrogen) atoms. The molecule has 2 aliphatic carbocycles. The molecule has 4 N–H and O–H groups in total. The number of nitrogens with one attached hydrogen (secondary N) is 3. The van der Waals surface area contributed by atoms with Gasteiger partial charge in [-0.1, -0.05) is 79.4 Å². The number of unbranched alkanes of at least 4 members (excludes halogenated alkanes) is 2. The first-order valence-corrected chi connectivity index (χ1v) is 42.1. The number of ether oxygens (including phenoxy) is 18. The van der Waals surface area contributed by atoms with E-state index in [-0.39, 0.29) is 185 Å². The Morgan fingerprint density at radius 2 is 1.24 bits per heavy atom. The van der Waals surface area contributed by atoms with E-state index in [4.69, 9.17) is 85.3 Å². The van der Waals surface area contributed by atoms with E-state index in [1.165, 1.54) is 55.5 Å². The molecule has 4 aliphatic heterocycles. The van der Waals surface area contributed by atoms with Crippen molar-refractivity contribution in [2.45, 2.75) is 134 Å². The van der Waals surface area contributed by atoms with Crippen LogP contribution in [0, 0.1) is 5.41 Å². The summed E-state index contributed by atoms with van der Waals surface area (Å²) >= 11 is 0. The molecule has 3 fully saturated rings. The number of benzene rings is 6. The second-order valence-electron chi connectivity index (χ2n) is 30.9. The van der Waals surface area contributed by atoms with Crippen LogP contribution in [0.3, 0.4) is 0 Å². The lowest BCUT2D eigenvalue weighted by Gasteiger charge is -2.43. The summed E-state index contributed by atoms with van der Waals surface area (Å²) in [7, 11) is 5.47. The molecular formula is C92H108N6O29. The Morgan fingerprint density at radius 3 is 1.87 bits per heavy atom. The molecule has 35 nitrogen and oxygen atoms in total. The summed E-state index contributed by atoms with van der Waals surface area (Å²) < 4.78 is 103. The number of nitrogens with zero attached hydrogens (tertiary/aromatic N) is 3. The molecule has 4 heterocycles. The van der Waals surface area contributed by atoms with Gasteiger partial charge >= 0.3 is 42.2 Å². The third kappa shape index (κ3) is 24.4. The molecule has 1 spiro atoms. The Balaban J connectivity index is 0.668. The number of carbonyl (C=O) groups is 10. The standard InChI is InChI=1S/C92H108N6O29/c1-9-33-120-91(109)98-52-62-45-61(60-22-24-64(110-5)25-23-60)51-97(62)86(105)70-47-77(112-7)79(49-74(70)98)119-35-16-10-15-34-118-78-48-72(69(46-76(78)111-6)85(104)96-32-30-92(28-29-92)50-63(96)53-99)95-90(108)121-54-59-21-26-75(126-88-84(125-58(4)102)82(124-57(3)101)81(123-56(2)100)83(127-88)87(106)113-8)73(44-59)94-80(103)27-36-114-38-40-116-42-43-117-41-39-115-37-31-93-89(107)122-55-71-67-19-13-11-17-65(67)66-18-12-14-20-68(66)71/h9,11-14,17-26,44,46-49,51,62-63,71,81-84,88,99H,1,10,15-16,27-43,45,50,52-55H2,2-8H3,(H,93,107)(H,94,103)(H,95,108)/t62-,63-,81-,82-,83-,84+,88+/m0/s1. The van der Waals surface area contributed by atoms with Crippen molar-refractivity contribution in [3.63, 3.8) is 0 Å². The molecule has 6 aliphatic rings. The van der Waals surface area contributed by atoms with Crippen molar-refractivity contribution >= 4 is 82.5 Å². The minimum Gasteiger partial charge on any atom is -0.497 e. The molecule has 6 aromatic carbocycles. The quantitative estimate of drug-likeness (QED) is 0.0120. The van der Waals surface area contributed by atoms with Gasteiger partial charge in [-0.3, -0.25) is 39.0 Å². The number of aliphatic hydroxyl groups is 1. The Hall–Kier alpha value is -12.5. The van der Waals surface area contributed by atoms with Crippen molar-refractivity contribution in [1.29, 1.82) is 0 Å². The normalized spacial score (nSPS) is 18.7. The van der Waals surface area contributed by atoms with Crippen LogP contribution in [-0.2, 0) is 87.4 Å². The van der Waals surface area contributed by atoms with Gasteiger partial charge in [-0.05, 0) is 132 Å². The van der Waals surface area contributed by atoms with Crippen molar-refractivity contribution in [1.82, 2.24) is 15.1 Å². The van der Waals surface area contributed by atoms with E-state index in [0.717, 1.165) is 74.1 Å². The summed E-state index contributed by atoms with van der Waals surface area (Å²) in [5.74, 6) is -4.09. The van der Waals surface area contributed by atoms with Gasteiger partial charge in [0.25, 0.3) is 11.8 Å². The van der Waals surface area contributed by atoms with Gasteiger partial charge in [0.1, 0.15) is 31.3 Å². The fourth-order valence-electron chi connectivity index (χ4n) is 15.9. The number of piperidine rings is 1. The molecule has 35 heteroatoms. The van der Waals surface area contributed by atoms with E-state index in [9.17, 15) is 53.1 Å². The molecule has 0 bridgehead atoms. The smallest absolute Gasteiger partial charge is 0.414 e. The van der Waals surface area contributed by atoms with Crippen molar-refractivity contribution < 1.29 is 138 Å². The van der Waals surface area contributed by atoms with Gasteiger partial charge in [0.2, 0.25) is 18.3 Å². The molecule has 680 valence electrons. The number of fused-ring (bicyclic) bond motifs is 5. The van der Waals surface area contributed by atoms with Crippen LogP contribution in [0.1, 0.15) is 127 Å². The second kappa shape index (κ2) is 45.1. The van der Waals surface area contributed by atoms with Crippen LogP contribution in [0.25, 0.3) is 16.7 Å². The molecule has 0 aromatic heterocycles. The number of hydrogen-bond donors (Lipinski definition) is 4. The first-order valence-electron chi connectivity index (χ1n) is 42.1. The zero-order valence-electron chi connectivity index (χ0n) is 72.1. The first-order chi connectivity index (χ1) is 61.5. The number of carbonyl (C=O) groups excluding carboxylic acids is 10. The number of alkyl carbamates (subject to hydrolysis) is 1. The van der Waals surface area contributed by atoms with Crippen LogP contribution < -0.4 is 49.3 Å². The average molecular weight is 1760 g/mol. The molecule has 0 radical (unpaired) electrons. The largest absolute Gasteiger partial charge is 0.497 e. The van der Waals surface area contributed by atoms with Gasteiger partial charge in [-0.15, -0.1) is 0 Å². The molecule has 6 aromatic rings. The van der Waals surface area contributed by atoms with E-state index in [0.29, 0.717) is 50.8 Å². The number of methoxy groups -OCH3 is 4. The molecule has 1 saturated carbocycles. The Morgan fingerprint density at radius 1 is 0.606 bits per heavy atom. The van der Waals surface area contributed by atoms with Crippen LogP contribution in [-0.4, -0.2) is 252 Å². The number of likely N-dealkylation sites (tertiary alicyclic amines) is 1. The van der Waals surface area contributed by atoms with Crippen LogP contribution in [0.4, 0.5) is 31.4 Å². The predicted octanol–water partition coefficient (Wildman–Crippen LogP) is 10.9. The topological polar surface area (TPSA) is 403 Å². The van der Waals surface area contributed by atoms with E-state index in [2.05, 4.69) is 46.8 Å². The molecule has 12 rings (SSSR count). The first kappa shape index (κ1) is 93.6. The maximum Gasteiger partial charge on any atom is 0.414 e. The van der Waals surface area contributed by atoms with Gasteiger partial charge in [0, 0.05) is 58.1 Å². The van der Waals surface area contributed by atoms with Crippen LogP contribution in [0.15, 0.2) is 134 Å². The summed E-state index contributed by atoms with van der Waals surface area (Å²) in [5, 5.41) is 18.9. The lowest BCUT2D eigenvalue weighted by molar-refractivity contribution is -0.282. The van der Waals surface area contributed by atoms with E-state index < -0.39 is 103 Å². The summed E-state index contributed by atoms with van der Waals surface area (Å²) in [6.45, 7) is 8.45. The van der Waals surface area contributed by atoms with Crippen molar-refractivity contribution in [3.8, 4) is 45.6 Å². The predicted molar refractivity (Wildman–Crippen MR) is 456 cm³/mol. The maximum absolute atomic E-state index is 14.9. The maximum atomic E-state index is 14.9. The fraction of sp³-hybridized carbons (Fsp3) is 0.457. The molecule has 6 amide bonds. The molecular weight excluding hydrogens is 1650 g/mol. The zero-order chi connectivity index (χ0) is 90.1. The SMILES string of the molecule is C=CCOC(=O)N1C[C@@H]2CC(c3ccc(OC)cc3)=CN2C(=O)c2cc(OC)c(OCCCCCOc3cc(NC(=O)OCc4ccc(O[C@@H]5O[C@H](C(=O)OC)[C@@H](OC(C)=O)[C@H](OC(C)=O)[C@H]5OC(C)=O)c(NC(=O)CCOCCOCCOCCOCCNC(=O)OCC5c6ccccc6-c6ccccc65)c4)c(C(=O)N4CCC5(CC5)C[C@H]4CO)cc3OC)cc21. The summed E-state index contributed by atoms with van der Waals surface area (Å²) in [6, 6.07) is 33.0. The van der Waals surface area contributed by atoms with Crippen LogP contribution >= 0.6 is 0 Å². The lowest BCUT2D eigenvalue weighted by Crippen LogP contribution is -2.64. The highest BCUT2D eigenvalue weighted by molar-refractivity contribution is 6.07. The van der Waals surface area contributed by atoms with Gasteiger partial charge < -0.3 is 111 Å². The number of hydrogen-bond acceptors (Lipinski definition) is 29. The average Bonchev–Trinajstić information content (AvgIpc) is 1.65. The third-order valence-corrected chi connectivity index (χ3v) is 22.3. The van der Waals surface area contributed by atoms with E-state index in [1.54, 1.807) is 29.0 Å². The second-order valence-corrected chi connectivity index (χ2v) is 30.9. The van der Waals surface area contributed by atoms with Crippen molar-refractivity contribution in [2.75, 3.05) is 149 Å². The highest BCUT2D eigenvalue weighted by Gasteiger charge is 2.56. The number of anilines is 3. The van der Waals surface area contributed by atoms with Crippen molar-refractivity contribution in [3.05, 3.63) is 167 Å². The van der Waals surface area contributed by atoms with Gasteiger partial charge in [-0.25, -0.2) is 19.2 Å². The third-order valence-electron chi connectivity index (χ3n) is 22.3. The van der Waals surface area contributed by atoms with Gasteiger partial charge in [0.15, 0.2) is 41.3 Å². The summed E-state index contributed by atoms with van der Waals surface area (Å²) in [5.41, 5.74) is 6.96.